The van der Waals surface area contributed by atoms with Gasteiger partial charge in [-0.05, 0) is 139 Å². The lowest BCUT2D eigenvalue weighted by Gasteiger charge is -2.31. The number of carbonyl (C=O) groups excluding carboxylic acids is 18. The van der Waals surface area contributed by atoms with Crippen LogP contribution in [-0.4, -0.2) is 255 Å². The molecule has 0 aliphatic carbocycles. The zero-order chi connectivity index (χ0) is 88.5. The predicted octanol–water partition coefficient (Wildman–Crippen LogP) is -6.95. The second kappa shape index (κ2) is 52.5. The number of rotatable bonds is 56. The molecule has 656 valence electrons. The summed E-state index contributed by atoms with van der Waals surface area (Å²) in [5.41, 5.74) is 22.5. The number of likely N-dealkylation sites (tertiary alicyclic amines) is 1. The number of phenolic OH excluding ortho intramolecular Hbond substituents is 1. The molecule has 17 amide bonds. The molecule has 0 aromatic heterocycles. The highest BCUT2D eigenvalue weighted by Gasteiger charge is 2.43. The fourth-order valence-corrected chi connectivity index (χ4v) is 12.3. The van der Waals surface area contributed by atoms with E-state index in [1.807, 2.05) is 0 Å². The average molecular weight is 1660 g/mol. The van der Waals surface area contributed by atoms with Crippen LogP contribution in [0.15, 0.2) is 24.3 Å². The van der Waals surface area contributed by atoms with Gasteiger partial charge < -0.3 is 117 Å². The predicted molar refractivity (Wildman–Crippen MR) is 416 cm³/mol. The highest BCUT2D eigenvalue weighted by atomic mass is 16.6. The Morgan fingerprint density at radius 3 is 1.38 bits per heavy atom. The molecule has 2 rings (SSSR count). The third-order valence-corrected chi connectivity index (χ3v) is 18.4. The molecule has 1 saturated heterocycles. The van der Waals surface area contributed by atoms with Crippen molar-refractivity contribution in [1.82, 2.24) is 74.0 Å². The van der Waals surface area contributed by atoms with Crippen molar-refractivity contribution in [2.75, 3.05) is 32.8 Å². The molecule has 0 radical (unpaired) electrons. The van der Waals surface area contributed by atoms with Gasteiger partial charge in [0.25, 0.3) is 0 Å². The van der Waals surface area contributed by atoms with E-state index in [-0.39, 0.29) is 88.8 Å². The summed E-state index contributed by atoms with van der Waals surface area (Å²) in [6.45, 7) is 12.0. The minimum atomic E-state index is -1.87. The minimum absolute atomic E-state index is 0.00478. The summed E-state index contributed by atoms with van der Waals surface area (Å²) in [4.78, 5) is 260. The SMILES string of the molecule is CC(=O)C[C@H](NC(C)=O)C(=O)N[C@@H](CCC(N)=O)C(=O)N[C@@H](CCC(=O)O)C(=O)N[C@@H](CCC(N)=O)C(=O)N[C@H](C(=O)N[C@@H](CO)C(=O)N1CCC[C@H]1C(=O)N[C@@H](Cc1ccc(O)cc1)C(=O)N[C@H](C(=O)N[C@@H](CC(C)C)C(=O)N[C@@H](CC(C)C)C(=O)N[C@@H](CCCCN)C(=O)NC(CCCCNC(=O)CON)C(N)=O)[C@H](C)O)C(C)C. The Morgan fingerprint density at radius 2 is 0.932 bits per heavy atom. The van der Waals surface area contributed by atoms with Crippen molar-refractivity contribution in [2.24, 2.45) is 46.6 Å². The molecule has 43 heteroatoms. The van der Waals surface area contributed by atoms with Gasteiger partial charge in [-0.25, -0.2) is 5.90 Å². The number of unbranched alkanes of at least 4 members (excludes halogenated alkanes) is 2. The first-order valence-electron chi connectivity index (χ1n) is 38.8. The van der Waals surface area contributed by atoms with Crippen LogP contribution in [0.3, 0.4) is 0 Å². The summed E-state index contributed by atoms with van der Waals surface area (Å²) in [6, 6.07) is -15.2. The number of aromatic hydroxyl groups is 1. The molecule has 0 saturated carbocycles. The number of nitrogens with two attached hydrogens (primary N) is 5. The van der Waals surface area contributed by atoms with E-state index in [0.717, 1.165) is 25.7 Å². The standard InChI is InChI=1S/C74H121N19O24/c1-37(2)31-50(67(109)83-46(16-10-12-28-75)63(105)82-45(62(78)104)15-11-13-29-80-58(101)36-117-79)87-68(110)51(32-38(3)4)89-73(115)61(41(8)96)92-70(112)53(34-43-18-20-44(98)21-19-43)88-71(113)55-17-14-30-93(55)74(116)54(35-94)90-72(114)60(39(5)6)91-66(108)48(23-26-57(77)100)84-65(107)49(24-27-59(102)103)85-64(106)47(22-25-56(76)99)86-69(111)52(33-40(7)95)81-42(9)97/h18-21,37-39,41,45-55,60-61,94,96,98H,10-17,22-36,75,79H2,1-9H3,(H2,76,99)(H2,77,100)(H2,78,104)(H,80,101)(H,81,97)(H,82,105)(H,83,109)(H,84,107)(H,85,106)(H,86,111)(H,87,110)(H,88,113)(H,89,115)(H,90,114)(H,91,108)(H,92,112)(H,102,103)/t41-,45?,46-,47-,48-,49-,50-,51-,52-,53-,54-,55-,60-,61-/m0/s1. The first-order chi connectivity index (χ1) is 54.9. The van der Waals surface area contributed by atoms with E-state index in [1.165, 1.54) is 38.1 Å². The van der Waals surface area contributed by atoms with Crippen molar-refractivity contribution >= 4 is 112 Å². The zero-order valence-electron chi connectivity index (χ0n) is 67.7. The minimum Gasteiger partial charge on any atom is -0.508 e. The van der Waals surface area contributed by atoms with Crippen molar-refractivity contribution in [3.63, 3.8) is 0 Å². The van der Waals surface area contributed by atoms with Gasteiger partial charge in [-0.15, -0.1) is 0 Å². The number of amides is 17. The van der Waals surface area contributed by atoms with Crippen molar-refractivity contribution in [3.8, 4) is 5.75 Å². The Hall–Kier alpha value is -11.0. The molecule has 0 bridgehead atoms. The number of benzene rings is 1. The Labute approximate surface area is 677 Å². The lowest BCUT2D eigenvalue weighted by atomic mass is 9.99. The van der Waals surface area contributed by atoms with Crippen LogP contribution >= 0.6 is 0 Å². The van der Waals surface area contributed by atoms with Crippen LogP contribution in [-0.2, 0) is 102 Å². The van der Waals surface area contributed by atoms with E-state index in [9.17, 15) is 112 Å². The number of carboxylic acids is 1. The van der Waals surface area contributed by atoms with Crippen LogP contribution < -0.4 is 97.9 Å². The number of ketones is 1. The largest absolute Gasteiger partial charge is 0.508 e. The van der Waals surface area contributed by atoms with Crippen LogP contribution in [0.4, 0.5) is 0 Å². The maximum absolute atomic E-state index is 14.7. The van der Waals surface area contributed by atoms with Gasteiger partial charge in [-0.3, -0.25) is 95.9 Å². The third kappa shape index (κ3) is 38.5. The third-order valence-electron chi connectivity index (χ3n) is 18.4. The van der Waals surface area contributed by atoms with Crippen LogP contribution in [0.5, 0.6) is 5.75 Å². The number of Topliss-reactive ketones (excluding diaryl/α,β-unsaturated/α-hetero) is 1. The highest BCUT2D eigenvalue weighted by Crippen LogP contribution is 2.22. The molecule has 1 aromatic rings. The zero-order valence-corrected chi connectivity index (χ0v) is 67.7. The van der Waals surface area contributed by atoms with Crippen molar-refractivity contribution in [2.45, 2.75) is 263 Å². The molecule has 27 N–H and O–H groups in total. The van der Waals surface area contributed by atoms with Crippen molar-refractivity contribution in [1.29, 1.82) is 0 Å². The van der Waals surface area contributed by atoms with E-state index in [1.54, 1.807) is 27.7 Å². The number of primary amides is 3. The summed E-state index contributed by atoms with van der Waals surface area (Å²) in [6.07, 6.45) is -4.69. The number of nitrogens with one attached hydrogen (secondary N) is 13. The van der Waals surface area contributed by atoms with Crippen LogP contribution in [0.1, 0.15) is 177 Å². The quantitative estimate of drug-likeness (QED) is 0.0213. The van der Waals surface area contributed by atoms with Gasteiger partial charge in [0.1, 0.15) is 96.7 Å². The highest BCUT2D eigenvalue weighted by molar-refractivity contribution is 6.01. The second-order valence-corrected chi connectivity index (χ2v) is 30.0. The Kier molecular flexibility index (Phi) is 45.8. The number of aliphatic carboxylic acids is 1. The molecule has 1 aliphatic heterocycles. The van der Waals surface area contributed by atoms with Gasteiger partial charge in [-0.2, -0.15) is 0 Å². The maximum atomic E-state index is 14.7. The van der Waals surface area contributed by atoms with Gasteiger partial charge in [0.05, 0.1) is 12.7 Å². The lowest BCUT2D eigenvalue weighted by molar-refractivity contribution is -0.143. The van der Waals surface area contributed by atoms with Crippen LogP contribution in [0.2, 0.25) is 0 Å². The van der Waals surface area contributed by atoms with E-state index >= 15 is 0 Å². The number of phenols is 1. The fraction of sp³-hybridized carbons (Fsp3) is 0.662. The molecular formula is C74H121N19O24. The first-order valence-corrected chi connectivity index (χ1v) is 38.8. The Bertz CT molecular complexity index is 3570. The summed E-state index contributed by atoms with van der Waals surface area (Å²) < 4.78 is 0. The van der Waals surface area contributed by atoms with E-state index < -0.39 is 254 Å². The number of carbonyl (C=O) groups is 19. The molecule has 0 spiro atoms. The van der Waals surface area contributed by atoms with E-state index in [4.69, 9.17) is 28.8 Å². The summed E-state index contributed by atoms with van der Waals surface area (Å²) >= 11 is 0. The number of carboxylic acid groups (broad SMARTS) is 1. The molecule has 117 heavy (non-hydrogen) atoms. The summed E-state index contributed by atoms with van der Waals surface area (Å²) in [5.74, 6) is -15.2. The molecule has 43 nitrogen and oxygen atoms in total. The average Bonchev–Trinajstić information content (AvgIpc) is 1.81. The number of aliphatic hydroxyl groups excluding tert-OH is 2. The molecular weight excluding hydrogens is 1540 g/mol. The van der Waals surface area contributed by atoms with Gasteiger partial charge in [0.2, 0.25) is 100 Å². The normalized spacial score (nSPS) is 15.8. The van der Waals surface area contributed by atoms with Gasteiger partial charge in [0, 0.05) is 52.1 Å². The first kappa shape index (κ1) is 102. The maximum Gasteiger partial charge on any atom is 0.303 e. The lowest BCUT2D eigenvalue weighted by Crippen LogP contribution is -2.62. The van der Waals surface area contributed by atoms with Gasteiger partial charge in [-0.1, -0.05) is 53.7 Å². The summed E-state index contributed by atoms with van der Waals surface area (Å²) in [5, 5.41) is 73.7. The molecule has 1 aliphatic rings. The smallest absolute Gasteiger partial charge is 0.303 e. The summed E-state index contributed by atoms with van der Waals surface area (Å²) in [7, 11) is 0. The van der Waals surface area contributed by atoms with Crippen molar-refractivity contribution in [3.05, 3.63) is 29.8 Å². The topological polar surface area (TPSA) is 704 Å². The molecule has 1 aromatic carbocycles. The van der Waals surface area contributed by atoms with Crippen molar-refractivity contribution < 1.29 is 116 Å². The Morgan fingerprint density at radius 1 is 0.504 bits per heavy atom. The Balaban J connectivity index is 2.48. The van der Waals surface area contributed by atoms with E-state index in [2.05, 4.69) is 74.0 Å². The van der Waals surface area contributed by atoms with Crippen LogP contribution in [0, 0.1) is 17.8 Å². The fourth-order valence-electron chi connectivity index (χ4n) is 12.3. The number of aliphatic hydroxyl groups is 2. The molecule has 1 heterocycles. The molecule has 14 atom stereocenters. The number of hydrogen-bond acceptors (Lipinski definition) is 25. The second-order valence-electron chi connectivity index (χ2n) is 30.0. The monoisotopic (exact) mass is 1660 g/mol. The van der Waals surface area contributed by atoms with Crippen LogP contribution in [0.25, 0.3) is 0 Å². The molecule has 1 fully saturated rings. The number of nitrogens with zero attached hydrogens (tertiary/aromatic N) is 1. The number of hydrogen-bond donors (Lipinski definition) is 22. The van der Waals surface area contributed by atoms with Gasteiger partial charge in [0.15, 0.2) is 0 Å². The molecule has 1 unspecified atom stereocenters. The van der Waals surface area contributed by atoms with Gasteiger partial charge >= 0.3 is 5.97 Å². The van der Waals surface area contributed by atoms with E-state index in [0.29, 0.717) is 31.2 Å².